The molecule has 0 aliphatic heterocycles. The molecule has 0 bridgehead atoms. The van der Waals surface area contributed by atoms with Gasteiger partial charge in [0, 0.05) is 17.8 Å². The molecule has 1 atom stereocenters. The molecule has 0 radical (unpaired) electrons. The van der Waals surface area contributed by atoms with Gasteiger partial charge in [-0.05, 0) is 36.8 Å². The predicted octanol–water partition coefficient (Wildman–Crippen LogP) is 5.67. The summed E-state index contributed by atoms with van der Waals surface area (Å²) in [4.78, 5) is 22.9. The van der Waals surface area contributed by atoms with Gasteiger partial charge >= 0.3 is 0 Å². The van der Waals surface area contributed by atoms with E-state index in [2.05, 4.69) is 10.6 Å². The molecule has 142 valence electrons. The number of para-hydroxylation sites is 1. The maximum Gasteiger partial charge on any atom is 0.282 e. The smallest absolute Gasteiger partial charge is 0.282 e. The zero-order valence-electron chi connectivity index (χ0n) is 15.1. The standard InChI is InChI=1S/C21H18ClN3O3/c1-14(15-7-3-2-4-8-15)23-19-12-11-16(13-18(19)22)24-21(26)17-9-5-6-10-20(17)25(27)28/h2-14,23H,1H3,(H,24,26)/t14-/m1/s1. The van der Waals surface area contributed by atoms with E-state index >= 15 is 0 Å². The van der Waals surface area contributed by atoms with E-state index in [4.69, 9.17) is 11.6 Å². The summed E-state index contributed by atoms with van der Waals surface area (Å²) in [6.45, 7) is 2.02. The number of halogens is 1. The number of hydrogen-bond acceptors (Lipinski definition) is 4. The van der Waals surface area contributed by atoms with Gasteiger partial charge in [0.05, 0.1) is 15.6 Å². The summed E-state index contributed by atoms with van der Waals surface area (Å²) < 4.78 is 0. The van der Waals surface area contributed by atoms with E-state index < -0.39 is 10.8 Å². The SMILES string of the molecule is C[C@@H](Nc1ccc(NC(=O)c2ccccc2[N+](=O)[O-])cc1Cl)c1ccccc1. The molecule has 6 nitrogen and oxygen atoms in total. The maximum atomic E-state index is 12.4. The van der Waals surface area contributed by atoms with Gasteiger partial charge in [0.15, 0.2) is 0 Å². The number of benzene rings is 3. The first-order chi connectivity index (χ1) is 13.5. The van der Waals surface area contributed by atoms with Crippen LogP contribution in [0, 0.1) is 10.1 Å². The lowest BCUT2D eigenvalue weighted by atomic mass is 10.1. The van der Waals surface area contributed by atoms with Crippen LogP contribution in [-0.2, 0) is 0 Å². The van der Waals surface area contributed by atoms with Crippen LogP contribution in [0.5, 0.6) is 0 Å². The summed E-state index contributed by atoms with van der Waals surface area (Å²) in [5, 5.41) is 17.5. The molecule has 0 fully saturated rings. The molecule has 0 aromatic heterocycles. The van der Waals surface area contributed by atoms with Gasteiger partial charge in [-0.25, -0.2) is 0 Å². The van der Waals surface area contributed by atoms with E-state index in [-0.39, 0.29) is 17.3 Å². The van der Waals surface area contributed by atoms with Crippen LogP contribution >= 0.6 is 11.6 Å². The van der Waals surface area contributed by atoms with Gasteiger partial charge in [-0.1, -0.05) is 54.1 Å². The largest absolute Gasteiger partial charge is 0.377 e. The van der Waals surface area contributed by atoms with Gasteiger partial charge in [0.25, 0.3) is 11.6 Å². The van der Waals surface area contributed by atoms with Crippen LogP contribution in [0.25, 0.3) is 0 Å². The highest BCUT2D eigenvalue weighted by molar-refractivity contribution is 6.33. The lowest BCUT2D eigenvalue weighted by molar-refractivity contribution is -0.385. The number of nitrogens with zero attached hydrogens (tertiary/aromatic N) is 1. The Morgan fingerprint density at radius 2 is 1.71 bits per heavy atom. The van der Waals surface area contributed by atoms with Crippen molar-refractivity contribution in [2.45, 2.75) is 13.0 Å². The summed E-state index contributed by atoms with van der Waals surface area (Å²) in [5.74, 6) is -0.568. The molecule has 0 aliphatic rings. The van der Waals surface area contributed by atoms with Crippen molar-refractivity contribution in [3.05, 3.63) is 99.1 Å². The minimum atomic E-state index is -0.583. The molecule has 3 aromatic carbocycles. The Bertz CT molecular complexity index is 1010. The third-order valence-corrected chi connectivity index (χ3v) is 4.56. The van der Waals surface area contributed by atoms with E-state index in [1.54, 1.807) is 24.3 Å². The van der Waals surface area contributed by atoms with Gasteiger partial charge in [-0.3, -0.25) is 14.9 Å². The van der Waals surface area contributed by atoms with Crippen LogP contribution in [0.4, 0.5) is 17.1 Å². The Morgan fingerprint density at radius 3 is 2.39 bits per heavy atom. The first kappa shape index (κ1) is 19.4. The summed E-state index contributed by atoms with van der Waals surface area (Å²) >= 11 is 6.35. The minimum absolute atomic E-state index is 0.0106. The molecule has 0 heterocycles. The van der Waals surface area contributed by atoms with E-state index in [9.17, 15) is 14.9 Å². The van der Waals surface area contributed by atoms with Crippen LogP contribution in [0.1, 0.15) is 28.9 Å². The van der Waals surface area contributed by atoms with Crippen molar-refractivity contribution in [3.63, 3.8) is 0 Å². The number of carbonyl (C=O) groups is 1. The van der Waals surface area contributed by atoms with Gasteiger partial charge in [-0.15, -0.1) is 0 Å². The van der Waals surface area contributed by atoms with Gasteiger partial charge < -0.3 is 10.6 Å². The quantitative estimate of drug-likeness (QED) is 0.415. The third-order valence-electron chi connectivity index (χ3n) is 4.24. The van der Waals surface area contributed by atoms with Gasteiger partial charge in [0.2, 0.25) is 0 Å². The minimum Gasteiger partial charge on any atom is -0.377 e. The van der Waals surface area contributed by atoms with Crippen molar-refractivity contribution in [2.24, 2.45) is 0 Å². The average Bonchev–Trinajstić information content (AvgIpc) is 2.70. The fraction of sp³-hybridized carbons (Fsp3) is 0.0952. The molecule has 7 heteroatoms. The average molecular weight is 396 g/mol. The highest BCUT2D eigenvalue weighted by atomic mass is 35.5. The Balaban J connectivity index is 1.74. The van der Waals surface area contributed by atoms with Crippen molar-refractivity contribution < 1.29 is 9.72 Å². The number of nitrogens with one attached hydrogen (secondary N) is 2. The zero-order chi connectivity index (χ0) is 20.1. The predicted molar refractivity (Wildman–Crippen MR) is 111 cm³/mol. The van der Waals surface area contributed by atoms with E-state index in [0.717, 1.165) is 11.3 Å². The summed E-state index contributed by atoms with van der Waals surface area (Å²) in [7, 11) is 0. The highest BCUT2D eigenvalue weighted by Crippen LogP contribution is 2.29. The number of anilines is 2. The van der Waals surface area contributed by atoms with Crippen molar-refractivity contribution in [2.75, 3.05) is 10.6 Å². The normalized spacial score (nSPS) is 11.5. The Morgan fingerprint density at radius 1 is 1.04 bits per heavy atom. The Kier molecular flexibility index (Phi) is 5.91. The van der Waals surface area contributed by atoms with Crippen molar-refractivity contribution in [3.8, 4) is 0 Å². The van der Waals surface area contributed by atoms with Crippen LogP contribution in [-0.4, -0.2) is 10.8 Å². The Labute approximate surface area is 167 Å². The van der Waals surface area contributed by atoms with Gasteiger partial charge in [0.1, 0.15) is 5.56 Å². The number of nitro groups is 1. The molecule has 3 aromatic rings. The van der Waals surface area contributed by atoms with E-state index in [1.165, 1.54) is 18.2 Å². The van der Waals surface area contributed by atoms with Crippen molar-refractivity contribution in [1.29, 1.82) is 0 Å². The highest BCUT2D eigenvalue weighted by Gasteiger charge is 2.19. The summed E-state index contributed by atoms with van der Waals surface area (Å²) in [5.41, 5.74) is 2.03. The third kappa shape index (κ3) is 4.47. The molecule has 0 saturated heterocycles. The number of carbonyl (C=O) groups excluding carboxylic acids is 1. The fourth-order valence-corrected chi connectivity index (χ4v) is 3.03. The van der Waals surface area contributed by atoms with Crippen LogP contribution < -0.4 is 10.6 Å². The van der Waals surface area contributed by atoms with Crippen LogP contribution in [0.3, 0.4) is 0 Å². The fourth-order valence-electron chi connectivity index (χ4n) is 2.79. The summed E-state index contributed by atoms with van der Waals surface area (Å²) in [6.07, 6.45) is 0. The number of hydrogen-bond donors (Lipinski definition) is 2. The molecule has 1 amide bonds. The molecular weight excluding hydrogens is 378 g/mol. The number of nitro benzene ring substituents is 1. The molecular formula is C21H18ClN3O3. The second-order valence-corrected chi connectivity index (χ2v) is 6.61. The lowest BCUT2D eigenvalue weighted by Gasteiger charge is -2.17. The molecule has 0 unspecified atom stereocenters. The first-order valence-electron chi connectivity index (χ1n) is 8.61. The molecule has 3 rings (SSSR count). The molecule has 2 N–H and O–H groups in total. The topological polar surface area (TPSA) is 84.3 Å². The maximum absolute atomic E-state index is 12.4. The first-order valence-corrected chi connectivity index (χ1v) is 8.99. The number of amides is 1. The molecule has 0 aliphatic carbocycles. The van der Waals surface area contributed by atoms with E-state index in [1.807, 2.05) is 37.3 Å². The van der Waals surface area contributed by atoms with Gasteiger partial charge in [-0.2, -0.15) is 0 Å². The lowest BCUT2D eigenvalue weighted by Crippen LogP contribution is -2.14. The number of rotatable bonds is 6. The summed E-state index contributed by atoms with van der Waals surface area (Å²) in [6, 6.07) is 20.8. The second-order valence-electron chi connectivity index (χ2n) is 6.20. The second kappa shape index (κ2) is 8.54. The molecule has 0 saturated carbocycles. The molecule has 0 spiro atoms. The monoisotopic (exact) mass is 395 g/mol. The van der Waals surface area contributed by atoms with E-state index in [0.29, 0.717) is 10.7 Å². The van der Waals surface area contributed by atoms with Crippen molar-refractivity contribution in [1.82, 2.24) is 0 Å². The Hall–Kier alpha value is -3.38. The van der Waals surface area contributed by atoms with Crippen LogP contribution in [0.2, 0.25) is 5.02 Å². The zero-order valence-corrected chi connectivity index (χ0v) is 15.8. The van der Waals surface area contributed by atoms with Crippen LogP contribution in [0.15, 0.2) is 72.8 Å². The molecule has 28 heavy (non-hydrogen) atoms. The van der Waals surface area contributed by atoms with Crippen molar-refractivity contribution >= 4 is 34.6 Å².